The van der Waals surface area contributed by atoms with Gasteiger partial charge in [-0.05, 0) is 31.6 Å². The molecule has 3 rings (SSSR count). The number of carboxylic acids is 1. The molecule has 0 amide bonds. The SMILES string of the molecule is O=C(O)c1nnn(CC(O)C2CC2)c1C1CCC1. The highest BCUT2D eigenvalue weighted by Crippen LogP contribution is 2.38. The number of hydrogen-bond donors (Lipinski definition) is 2. The number of aromatic carboxylic acids is 1. The number of hydrogen-bond acceptors (Lipinski definition) is 4. The van der Waals surface area contributed by atoms with Gasteiger partial charge in [-0.2, -0.15) is 0 Å². The molecule has 98 valence electrons. The van der Waals surface area contributed by atoms with Gasteiger partial charge in [0.15, 0.2) is 5.69 Å². The van der Waals surface area contributed by atoms with Crippen molar-refractivity contribution < 1.29 is 15.0 Å². The fourth-order valence-corrected chi connectivity index (χ4v) is 2.50. The summed E-state index contributed by atoms with van der Waals surface area (Å²) in [5, 5.41) is 26.7. The largest absolute Gasteiger partial charge is 0.476 e. The third kappa shape index (κ3) is 2.01. The highest BCUT2D eigenvalue weighted by molar-refractivity contribution is 5.86. The first kappa shape index (κ1) is 11.6. The molecule has 2 saturated carbocycles. The lowest BCUT2D eigenvalue weighted by molar-refractivity contribution is 0.0687. The average Bonchev–Trinajstić information content (AvgIpc) is 3.01. The molecule has 0 aromatic carbocycles. The first-order valence-corrected chi connectivity index (χ1v) is 6.51. The normalized spacial score (nSPS) is 21.6. The predicted molar refractivity (Wildman–Crippen MR) is 62.3 cm³/mol. The molecule has 1 aromatic heterocycles. The zero-order valence-corrected chi connectivity index (χ0v) is 10.1. The molecule has 18 heavy (non-hydrogen) atoms. The fraction of sp³-hybridized carbons (Fsp3) is 0.750. The van der Waals surface area contributed by atoms with E-state index in [0.717, 1.165) is 32.1 Å². The molecule has 1 unspecified atom stereocenters. The standard InChI is InChI=1S/C12H17N3O3/c16-9(7-4-5-7)6-15-11(8-2-1-3-8)10(12(17)18)13-14-15/h7-9,16H,1-6H2,(H,17,18). The van der Waals surface area contributed by atoms with Crippen molar-refractivity contribution >= 4 is 5.97 Å². The van der Waals surface area contributed by atoms with Crippen molar-refractivity contribution in [1.82, 2.24) is 15.0 Å². The number of nitrogens with zero attached hydrogens (tertiary/aromatic N) is 3. The van der Waals surface area contributed by atoms with Crippen LogP contribution in [0.25, 0.3) is 0 Å². The molecule has 2 N–H and O–H groups in total. The van der Waals surface area contributed by atoms with Crippen molar-refractivity contribution in [1.29, 1.82) is 0 Å². The molecule has 0 aliphatic heterocycles. The molecule has 6 nitrogen and oxygen atoms in total. The van der Waals surface area contributed by atoms with E-state index in [9.17, 15) is 9.90 Å². The second kappa shape index (κ2) is 4.35. The molecule has 2 aliphatic rings. The van der Waals surface area contributed by atoms with Crippen molar-refractivity contribution in [3.8, 4) is 0 Å². The first-order valence-electron chi connectivity index (χ1n) is 6.51. The van der Waals surface area contributed by atoms with Gasteiger partial charge in [0.25, 0.3) is 0 Å². The monoisotopic (exact) mass is 251 g/mol. The minimum atomic E-state index is -1.02. The number of carbonyl (C=O) groups is 1. The van der Waals surface area contributed by atoms with Gasteiger partial charge in [0.05, 0.1) is 18.3 Å². The zero-order chi connectivity index (χ0) is 12.7. The molecule has 0 saturated heterocycles. The van der Waals surface area contributed by atoms with Crippen molar-refractivity contribution in [2.24, 2.45) is 5.92 Å². The zero-order valence-electron chi connectivity index (χ0n) is 10.1. The van der Waals surface area contributed by atoms with Crippen LogP contribution >= 0.6 is 0 Å². The van der Waals surface area contributed by atoms with Crippen molar-refractivity contribution in [2.75, 3.05) is 0 Å². The second-order valence-corrected chi connectivity index (χ2v) is 5.34. The van der Waals surface area contributed by atoms with Crippen LogP contribution in [-0.2, 0) is 6.54 Å². The van der Waals surface area contributed by atoms with Gasteiger partial charge >= 0.3 is 5.97 Å². The second-order valence-electron chi connectivity index (χ2n) is 5.34. The van der Waals surface area contributed by atoms with Crippen LogP contribution in [0.3, 0.4) is 0 Å². The molecular weight excluding hydrogens is 234 g/mol. The summed E-state index contributed by atoms with van der Waals surface area (Å²) in [6, 6.07) is 0. The lowest BCUT2D eigenvalue weighted by atomic mass is 9.82. The molecule has 1 atom stereocenters. The summed E-state index contributed by atoms with van der Waals surface area (Å²) in [6.07, 6.45) is 4.80. The quantitative estimate of drug-likeness (QED) is 0.815. The topological polar surface area (TPSA) is 88.2 Å². The molecule has 6 heteroatoms. The van der Waals surface area contributed by atoms with Crippen LogP contribution in [0.4, 0.5) is 0 Å². The average molecular weight is 251 g/mol. The Bertz CT molecular complexity index is 463. The summed E-state index contributed by atoms with van der Waals surface area (Å²) in [4.78, 5) is 11.1. The maximum Gasteiger partial charge on any atom is 0.358 e. The van der Waals surface area contributed by atoms with Crippen LogP contribution in [0, 0.1) is 5.92 Å². The molecule has 2 aliphatic carbocycles. The molecule has 1 aromatic rings. The summed E-state index contributed by atoms with van der Waals surface area (Å²) >= 11 is 0. The van der Waals surface area contributed by atoms with E-state index >= 15 is 0 Å². The maximum atomic E-state index is 11.1. The van der Waals surface area contributed by atoms with E-state index in [0.29, 0.717) is 18.2 Å². The highest BCUT2D eigenvalue weighted by atomic mass is 16.4. The van der Waals surface area contributed by atoms with Gasteiger partial charge in [0, 0.05) is 5.92 Å². The summed E-state index contributed by atoms with van der Waals surface area (Å²) in [5.74, 6) is -0.418. The van der Waals surface area contributed by atoms with Crippen LogP contribution in [0.15, 0.2) is 0 Å². The number of aromatic nitrogens is 3. The molecule has 2 fully saturated rings. The van der Waals surface area contributed by atoms with E-state index in [1.807, 2.05) is 0 Å². The Morgan fingerprint density at radius 3 is 2.61 bits per heavy atom. The lowest BCUT2D eigenvalue weighted by Crippen LogP contribution is -2.24. The van der Waals surface area contributed by atoms with E-state index < -0.39 is 12.1 Å². The predicted octanol–water partition coefficient (Wildman–Crippen LogP) is 1.01. The van der Waals surface area contributed by atoms with Gasteiger partial charge in [0.2, 0.25) is 0 Å². The van der Waals surface area contributed by atoms with Crippen molar-refractivity contribution in [2.45, 2.75) is 50.7 Å². The summed E-state index contributed by atoms with van der Waals surface area (Å²) in [7, 11) is 0. The Balaban J connectivity index is 1.85. The van der Waals surface area contributed by atoms with Crippen LogP contribution in [0.2, 0.25) is 0 Å². The van der Waals surface area contributed by atoms with Gasteiger partial charge < -0.3 is 10.2 Å². The third-order valence-corrected chi connectivity index (χ3v) is 3.99. The Labute approximate surface area is 105 Å². The lowest BCUT2D eigenvalue weighted by Gasteiger charge is -2.26. The fourth-order valence-electron chi connectivity index (χ4n) is 2.50. The van der Waals surface area contributed by atoms with Gasteiger partial charge in [-0.1, -0.05) is 11.6 Å². The van der Waals surface area contributed by atoms with Crippen LogP contribution in [0.1, 0.15) is 54.2 Å². The van der Waals surface area contributed by atoms with E-state index in [-0.39, 0.29) is 11.6 Å². The van der Waals surface area contributed by atoms with Gasteiger partial charge in [-0.3, -0.25) is 0 Å². The molecular formula is C12H17N3O3. The minimum absolute atomic E-state index is 0.0581. The highest BCUT2D eigenvalue weighted by Gasteiger charge is 2.34. The van der Waals surface area contributed by atoms with Gasteiger partial charge in [-0.15, -0.1) is 5.10 Å². The molecule has 0 radical (unpaired) electrons. The van der Waals surface area contributed by atoms with Crippen LogP contribution in [0.5, 0.6) is 0 Å². The number of aliphatic hydroxyl groups is 1. The van der Waals surface area contributed by atoms with E-state index in [2.05, 4.69) is 10.3 Å². The van der Waals surface area contributed by atoms with Crippen LogP contribution < -0.4 is 0 Å². The summed E-state index contributed by atoms with van der Waals surface area (Å²) < 4.78 is 1.61. The van der Waals surface area contributed by atoms with E-state index in [1.165, 1.54) is 0 Å². The summed E-state index contributed by atoms with van der Waals surface area (Å²) in [5.41, 5.74) is 0.760. The third-order valence-electron chi connectivity index (χ3n) is 3.99. The number of carboxylic acid groups (broad SMARTS) is 1. The molecule has 0 spiro atoms. The smallest absolute Gasteiger partial charge is 0.358 e. The number of rotatable bonds is 5. The molecule has 0 bridgehead atoms. The van der Waals surface area contributed by atoms with Gasteiger partial charge in [0.1, 0.15) is 0 Å². The number of aliphatic hydroxyl groups excluding tert-OH is 1. The Morgan fingerprint density at radius 2 is 2.11 bits per heavy atom. The van der Waals surface area contributed by atoms with Crippen molar-refractivity contribution in [3.05, 3.63) is 11.4 Å². The summed E-state index contributed by atoms with van der Waals surface area (Å²) in [6.45, 7) is 0.372. The maximum absolute atomic E-state index is 11.1. The van der Waals surface area contributed by atoms with Crippen LogP contribution in [-0.4, -0.2) is 37.3 Å². The minimum Gasteiger partial charge on any atom is -0.476 e. The Kier molecular flexibility index (Phi) is 2.81. The Hall–Kier alpha value is -1.43. The van der Waals surface area contributed by atoms with Crippen molar-refractivity contribution in [3.63, 3.8) is 0 Å². The van der Waals surface area contributed by atoms with E-state index in [4.69, 9.17) is 5.11 Å². The van der Waals surface area contributed by atoms with E-state index in [1.54, 1.807) is 4.68 Å². The van der Waals surface area contributed by atoms with Gasteiger partial charge in [-0.25, -0.2) is 9.48 Å². The Morgan fingerprint density at radius 1 is 1.39 bits per heavy atom. The first-order chi connectivity index (χ1) is 8.66. The molecule has 1 heterocycles.